The molecule has 0 N–H and O–H groups in total. The largest absolute Gasteiger partial charge is 0.466 e. The van der Waals surface area contributed by atoms with Crippen molar-refractivity contribution in [3.8, 4) is 6.07 Å². The van der Waals surface area contributed by atoms with Crippen molar-refractivity contribution in [2.75, 3.05) is 31.1 Å². The molecule has 0 aliphatic carbocycles. The third kappa shape index (κ3) is 4.30. The lowest BCUT2D eigenvalue weighted by molar-refractivity contribution is -0.150. The van der Waals surface area contributed by atoms with Crippen molar-refractivity contribution >= 4 is 17.6 Å². The van der Waals surface area contributed by atoms with Crippen molar-refractivity contribution in [2.45, 2.75) is 32.6 Å². The first-order valence-corrected chi connectivity index (χ1v) is 9.56. The van der Waals surface area contributed by atoms with Gasteiger partial charge in [0.25, 0.3) is 5.91 Å². The van der Waals surface area contributed by atoms with Crippen molar-refractivity contribution in [3.63, 3.8) is 0 Å². The third-order valence-electron chi connectivity index (χ3n) is 5.18. The van der Waals surface area contributed by atoms with Gasteiger partial charge in [-0.05, 0) is 44.2 Å². The number of amides is 1. The van der Waals surface area contributed by atoms with Crippen LogP contribution in [0.1, 0.15) is 31.7 Å². The summed E-state index contributed by atoms with van der Waals surface area (Å²) in [5.74, 6) is -0.606. The first-order valence-electron chi connectivity index (χ1n) is 9.56. The number of likely N-dealkylation sites (tertiary alicyclic amines) is 1. The Kier molecular flexibility index (Phi) is 6.12. The first kappa shape index (κ1) is 19.0. The van der Waals surface area contributed by atoms with Crippen LogP contribution < -0.4 is 4.90 Å². The number of ether oxygens (including phenoxy) is 1. The Bertz CT molecular complexity index is 773. The van der Waals surface area contributed by atoms with Gasteiger partial charge in [0.1, 0.15) is 11.6 Å². The van der Waals surface area contributed by atoms with E-state index in [2.05, 4.69) is 12.1 Å². The minimum Gasteiger partial charge on any atom is -0.466 e. The molecule has 0 spiro atoms. The lowest BCUT2D eigenvalue weighted by Crippen LogP contribution is -2.41. The Balaban J connectivity index is 1.68. The molecule has 0 bridgehead atoms. The van der Waals surface area contributed by atoms with Crippen molar-refractivity contribution < 1.29 is 14.3 Å². The van der Waals surface area contributed by atoms with Crippen LogP contribution in [0.5, 0.6) is 0 Å². The second kappa shape index (κ2) is 8.72. The summed E-state index contributed by atoms with van der Waals surface area (Å²) in [4.78, 5) is 28.3. The summed E-state index contributed by atoms with van der Waals surface area (Å²) < 4.78 is 5.07. The summed E-state index contributed by atoms with van der Waals surface area (Å²) in [6, 6.07) is 10.2. The number of para-hydroxylation sites is 1. The van der Waals surface area contributed by atoms with Gasteiger partial charge in [0.15, 0.2) is 0 Å². The van der Waals surface area contributed by atoms with E-state index in [-0.39, 0.29) is 23.4 Å². The maximum absolute atomic E-state index is 12.8. The number of anilines is 1. The fourth-order valence-corrected chi connectivity index (χ4v) is 3.73. The van der Waals surface area contributed by atoms with Crippen LogP contribution in [-0.4, -0.2) is 43.0 Å². The minimum atomic E-state index is -0.261. The van der Waals surface area contributed by atoms with Gasteiger partial charge in [0.05, 0.1) is 12.5 Å². The number of nitrogens with zero attached hydrogens (tertiary/aromatic N) is 3. The number of esters is 1. The summed E-state index contributed by atoms with van der Waals surface area (Å²) in [7, 11) is 0. The van der Waals surface area contributed by atoms with E-state index < -0.39 is 0 Å². The molecule has 1 amide bonds. The molecule has 0 aromatic heterocycles. The molecule has 1 aromatic rings. The van der Waals surface area contributed by atoms with Gasteiger partial charge in [0.2, 0.25) is 0 Å². The Hall–Kier alpha value is -2.81. The molecule has 1 fully saturated rings. The van der Waals surface area contributed by atoms with Gasteiger partial charge in [-0.25, -0.2) is 0 Å². The molecule has 0 atom stereocenters. The lowest BCUT2D eigenvalue weighted by Gasteiger charge is -2.32. The Labute approximate surface area is 160 Å². The molecule has 0 radical (unpaired) electrons. The molecule has 3 rings (SSSR count). The van der Waals surface area contributed by atoms with Gasteiger partial charge < -0.3 is 14.5 Å². The molecule has 142 valence electrons. The van der Waals surface area contributed by atoms with Crippen LogP contribution >= 0.6 is 0 Å². The molecule has 2 aliphatic heterocycles. The quantitative estimate of drug-likeness (QED) is 0.465. The molecule has 2 heterocycles. The highest BCUT2D eigenvalue weighted by Gasteiger charge is 2.30. The summed E-state index contributed by atoms with van der Waals surface area (Å²) in [6.45, 7) is 3.89. The van der Waals surface area contributed by atoms with Gasteiger partial charge >= 0.3 is 5.97 Å². The highest BCUT2D eigenvalue weighted by atomic mass is 16.5. The van der Waals surface area contributed by atoms with Crippen LogP contribution in [0.25, 0.3) is 0 Å². The number of carbonyl (C=O) groups is 2. The van der Waals surface area contributed by atoms with Gasteiger partial charge in [-0.3, -0.25) is 9.59 Å². The van der Waals surface area contributed by atoms with Crippen LogP contribution in [0.15, 0.2) is 36.0 Å². The standard InChI is InChI=1S/C21H25N3O3/c1-2-27-21(26)17-9-12-23(13-10-17)20(25)18(14-22)15-24-11-5-7-16-6-3-4-8-19(16)24/h3-4,6,8,15,17H,2,5,7,9-13H2,1H3/b18-15-. The maximum atomic E-state index is 12.8. The van der Waals surface area contributed by atoms with E-state index in [0.717, 1.165) is 25.1 Å². The summed E-state index contributed by atoms with van der Waals surface area (Å²) in [5.41, 5.74) is 2.44. The van der Waals surface area contributed by atoms with Crippen molar-refractivity contribution in [1.29, 1.82) is 5.26 Å². The van der Waals surface area contributed by atoms with Crippen molar-refractivity contribution in [2.24, 2.45) is 5.92 Å². The van der Waals surface area contributed by atoms with E-state index in [9.17, 15) is 14.9 Å². The van der Waals surface area contributed by atoms with Gasteiger partial charge in [-0.15, -0.1) is 0 Å². The molecule has 1 aromatic carbocycles. The average molecular weight is 367 g/mol. The minimum absolute atomic E-state index is 0.140. The number of carbonyl (C=O) groups excluding carboxylic acids is 2. The summed E-state index contributed by atoms with van der Waals surface area (Å²) >= 11 is 0. The third-order valence-corrected chi connectivity index (χ3v) is 5.18. The number of fused-ring (bicyclic) bond motifs is 1. The predicted octanol–water partition coefficient (Wildman–Crippen LogP) is 2.65. The SMILES string of the molecule is CCOC(=O)C1CCN(C(=O)/C(C#N)=C\N2CCCc3ccccc32)CC1. The van der Waals surface area contributed by atoms with E-state index in [1.54, 1.807) is 18.0 Å². The van der Waals surface area contributed by atoms with Crippen LogP contribution in [-0.2, 0) is 20.7 Å². The highest BCUT2D eigenvalue weighted by Crippen LogP contribution is 2.28. The van der Waals surface area contributed by atoms with E-state index in [4.69, 9.17) is 4.74 Å². The number of rotatable bonds is 4. The number of hydrogen-bond donors (Lipinski definition) is 0. The zero-order chi connectivity index (χ0) is 19.2. The molecule has 0 unspecified atom stereocenters. The maximum Gasteiger partial charge on any atom is 0.309 e. The number of aryl methyl sites for hydroxylation is 1. The fourth-order valence-electron chi connectivity index (χ4n) is 3.73. The summed E-state index contributed by atoms with van der Waals surface area (Å²) in [6.07, 6.45) is 4.84. The molecule has 0 saturated carbocycles. The Morgan fingerprint density at radius 2 is 2.00 bits per heavy atom. The molecular weight excluding hydrogens is 342 g/mol. The second-order valence-corrected chi connectivity index (χ2v) is 6.90. The Morgan fingerprint density at radius 1 is 1.26 bits per heavy atom. The molecule has 1 saturated heterocycles. The van der Waals surface area contributed by atoms with E-state index in [1.807, 2.05) is 23.1 Å². The van der Waals surface area contributed by atoms with Crippen LogP contribution in [0.3, 0.4) is 0 Å². The number of piperidine rings is 1. The van der Waals surface area contributed by atoms with E-state index in [0.29, 0.717) is 32.5 Å². The van der Waals surface area contributed by atoms with Crippen LogP contribution in [0, 0.1) is 17.2 Å². The second-order valence-electron chi connectivity index (χ2n) is 6.90. The molecule has 2 aliphatic rings. The summed E-state index contributed by atoms with van der Waals surface area (Å²) in [5, 5.41) is 9.55. The smallest absolute Gasteiger partial charge is 0.309 e. The van der Waals surface area contributed by atoms with Crippen LogP contribution in [0.4, 0.5) is 5.69 Å². The van der Waals surface area contributed by atoms with Gasteiger partial charge in [-0.1, -0.05) is 18.2 Å². The average Bonchev–Trinajstić information content (AvgIpc) is 2.72. The zero-order valence-corrected chi connectivity index (χ0v) is 15.7. The van der Waals surface area contributed by atoms with Crippen molar-refractivity contribution in [3.05, 3.63) is 41.6 Å². The van der Waals surface area contributed by atoms with Crippen LogP contribution in [0.2, 0.25) is 0 Å². The zero-order valence-electron chi connectivity index (χ0n) is 15.7. The van der Waals surface area contributed by atoms with E-state index >= 15 is 0 Å². The molecule has 6 heteroatoms. The van der Waals surface area contributed by atoms with E-state index in [1.165, 1.54) is 5.56 Å². The first-order chi connectivity index (χ1) is 13.1. The number of benzene rings is 1. The topological polar surface area (TPSA) is 73.6 Å². The number of hydrogen-bond acceptors (Lipinski definition) is 5. The Morgan fingerprint density at radius 3 is 2.70 bits per heavy atom. The normalized spacial score (nSPS) is 17.9. The van der Waals surface area contributed by atoms with Gasteiger partial charge in [-0.2, -0.15) is 5.26 Å². The molecular formula is C21H25N3O3. The van der Waals surface area contributed by atoms with Crippen molar-refractivity contribution in [1.82, 2.24) is 4.90 Å². The predicted molar refractivity (Wildman–Crippen MR) is 102 cm³/mol. The fraction of sp³-hybridized carbons (Fsp3) is 0.476. The highest BCUT2D eigenvalue weighted by molar-refractivity contribution is 5.97. The van der Waals surface area contributed by atoms with Gasteiger partial charge in [0, 0.05) is 31.5 Å². The molecule has 6 nitrogen and oxygen atoms in total. The lowest BCUT2D eigenvalue weighted by atomic mass is 9.96. The number of nitriles is 1. The molecule has 27 heavy (non-hydrogen) atoms. The monoisotopic (exact) mass is 367 g/mol.